The summed E-state index contributed by atoms with van der Waals surface area (Å²) in [6.45, 7) is 2.44. The van der Waals surface area contributed by atoms with Crippen LogP contribution in [0.2, 0.25) is 0 Å². The van der Waals surface area contributed by atoms with E-state index in [0.29, 0.717) is 36.2 Å². The molecule has 2 fully saturated rings. The highest BCUT2D eigenvalue weighted by atomic mass is 16.6. The summed E-state index contributed by atoms with van der Waals surface area (Å²) in [4.78, 5) is 24.8. The molecule has 33 heavy (non-hydrogen) atoms. The Morgan fingerprint density at radius 2 is 1.24 bits per heavy atom. The summed E-state index contributed by atoms with van der Waals surface area (Å²) in [7, 11) is 0. The van der Waals surface area contributed by atoms with Gasteiger partial charge in [0.1, 0.15) is 48.4 Å². The van der Waals surface area contributed by atoms with E-state index in [4.69, 9.17) is 28.4 Å². The molecular formula is C24H21NO8. The molecule has 3 aromatic rings. The molecule has 1 aromatic heterocycles. The Morgan fingerprint density at radius 1 is 0.758 bits per heavy atom. The lowest BCUT2D eigenvalue weighted by Crippen LogP contribution is -2.15. The molecule has 2 aliphatic rings. The zero-order chi connectivity index (χ0) is 22.6. The zero-order valence-corrected chi connectivity index (χ0v) is 17.5. The van der Waals surface area contributed by atoms with Crippen molar-refractivity contribution in [2.75, 3.05) is 26.4 Å². The summed E-state index contributed by atoms with van der Waals surface area (Å²) in [5.74, 6) is 1.44. The van der Waals surface area contributed by atoms with Gasteiger partial charge < -0.3 is 28.4 Å². The Kier molecular flexibility index (Phi) is 5.97. The minimum atomic E-state index is -0.657. The maximum absolute atomic E-state index is 12.4. The van der Waals surface area contributed by atoms with E-state index in [-0.39, 0.29) is 17.8 Å². The van der Waals surface area contributed by atoms with E-state index in [1.54, 1.807) is 48.5 Å². The maximum atomic E-state index is 12.4. The second-order valence-corrected chi connectivity index (χ2v) is 7.54. The first kappa shape index (κ1) is 21.0. The average Bonchev–Trinajstić information content (AvgIpc) is 3.77. The van der Waals surface area contributed by atoms with Crippen LogP contribution in [-0.2, 0) is 9.47 Å². The fourth-order valence-electron chi connectivity index (χ4n) is 2.87. The normalized spacial score (nSPS) is 18.3. The van der Waals surface area contributed by atoms with Crippen LogP contribution in [0.15, 0.2) is 67.0 Å². The van der Waals surface area contributed by atoms with Gasteiger partial charge in [0, 0.05) is 12.4 Å². The summed E-state index contributed by atoms with van der Waals surface area (Å²) in [5, 5.41) is 0. The van der Waals surface area contributed by atoms with E-state index in [1.807, 2.05) is 0 Å². The number of esters is 1. The van der Waals surface area contributed by atoms with Gasteiger partial charge in [0.05, 0.1) is 18.8 Å². The lowest BCUT2D eigenvalue weighted by molar-refractivity contribution is 0.0734. The third kappa shape index (κ3) is 5.91. The fourth-order valence-corrected chi connectivity index (χ4v) is 2.87. The first-order valence-electron chi connectivity index (χ1n) is 10.4. The Balaban J connectivity index is 1.12. The molecule has 3 heterocycles. The predicted molar refractivity (Wildman–Crippen MR) is 114 cm³/mol. The highest BCUT2D eigenvalue weighted by Crippen LogP contribution is 2.22. The Hall–Kier alpha value is -3.82. The second-order valence-electron chi connectivity index (χ2n) is 7.54. The highest BCUT2D eigenvalue weighted by Gasteiger charge is 2.23. The fraction of sp³-hybridized carbons (Fsp3) is 0.250. The molecule has 2 aromatic carbocycles. The van der Waals surface area contributed by atoms with Crippen molar-refractivity contribution in [1.29, 1.82) is 0 Å². The number of epoxide rings is 2. The summed E-state index contributed by atoms with van der Waals surface area (Å²) in [6.07, 6.45) is 2.46. The van der Waals surface area contributed by atoms with Crippen LogP contribution in [0.5, 0.6) is 23.0 Å². The van der Waals surface area contributed by atoms with Gasteiger partial charge in [-0.3, -0.25) is 4.57 Å². The van der Waals surface area contributed by atoms with Crippen molar-refractivity contribution >= 4 is 12.1 Å². The highest BCUT2D eigenvalue weighted by molar-refractivity contribution is 5.92. The summed E-state index contributed by atoms with van der Waals surface area (Å²) < 4.78 is 33.1. The third-order valence-electron chi connectivity index (χ3n) is 4.88. The topological polar surface area (TPSA) is 101 Å². The van der Waals surface area contributed by atoms with E-state index in [1.165, 1.54) is 23.0 Å². The summed E-state index contributed by atoms with van der Waals surface area (Å²) >= 11 is 0. The Labute approximate surface area is 189 Å². The molecule has 0 N–H and O–H groups in total. The molecular weight excluding hydrogens is 430 g/mol. The molecule has 0 bridgehead atoms. The third-order valence-corrected chi connectivity index (χ3v) is 4.88. The Morgan fingerprint density at radius 3 is 1.76 bits per heavy atom. The number of aromatic nitrogens is 1. The molecule has 0 radical (unpaired) electrons. The average molecular weight is 451 g/mol. The van der Waals surface area contributed by atoms with Crippen LogP contribution >= 0.6 is 0 Å². The van der Waals surface area contributed by atoms with Gasteiger partial charge in [0.15, 0.2) is 0 Å². The number of benzene rings is 2. The molecule has 2 unspecified atom stereocenters. The minimum Gasteiger partial charge on any atom is -0.491 e. The van der Waals surface area contributed by atoms with Gasteiger partial charge in [0.2, 0.25) is 0 Å². The molecule has 9 heteroatoms. The lowest BCUT2D eigenvalue weighted by atomic mass is 10.3. The van der Waals surface area contributed by atoms with Crippen molar-refractivity contribution in [3.63, 3.8) is 0 Å². The van der Waals surface area contributed by atoms with Gasteiger partial charge in [-0.1, -0.05) is 0 Å². The van der Waals surface area contributed by atoms with Gasteiger partial charge in [-0.25, -0.2) is 9.59 Å². The van der Waals surface area contributed by atoms with Gasteiger partial charge in [0.25, 0.3) is 0 Å². The molecule has 0 saturated carbocycles. The van der Waals surface area contributed by atoms with Gasteiger partial charge in [-0.2, -0.15) is 0 Å². The molecule has 2 saturated heterocycles. The number of hydrogen-bond acceptors (Lipinski definition) is 8. The molecule has 170 valence electrons. The van der Waals surface area contributed by atoms with Gasteiger partial charge >= 0.3 is 12.1 Å². The van der Waals surface area contributed by atoms with Crippen molar-refractivity contribution in [3.8, 4) is 23.0 Å². The standard InChI is InChI=1S/C24H21NO8/c26-23(32-19-5-1-17(2-6-19)28-12-21-14-30-21)16-9-10-25(11-16)24(27)33-20-7-3-18(4-8-20)29-13-22-15-31-22/h1-11,21-22H,12-15H2. The first-order chi connectivity index (χ1) is 16.1. The van der Waals surface area contributed by atoms with Gasteiger partial charge in [-0.05, 0) is 54.6 Å². The van der Waals surface area contributed by atoms with E-state index < -0.39 is 12.1 Å². The number of ether oxygens (including phenoxy) is 6. The van der Waals surface area contributed by atoms with E-state index in [0.717, 1.165) is 13.2 Å². The van der Waals surface area contributed by atoms with Crippen molar-refractivity contribution < 1.29 is 38.0 Å². The molecule has 2 atom stereocenters. The van der Waals surface area contributed by atoms with Crippen LogP contribution < -0.4 is 18.9 Å². The number of nitrogens with zero attached hydrogens (tertiary/aromatic N) is 1. The lowest BCUT2D eigenvalue weighted by Gasteiger charge is -2.07. The van der Waals surface area contributed by atoms with Gasteiger partial charge in [-0.15, -0.1) is 0 Å². The van der Waals surface area contributed by atoms with Crippen molar-refractivity contribution in [2.45, 2.75) is 12.2 Å². The van der Waals surface area contributed by atoms with Crippen LogP contribution in [0.1, 0.15) is 10.4 Å². The quantitative estimate of drug-likeness (QED) is 0.278. The number of rotatable bonds is 9. The SMILES string of the molecule is O=C(Oc1ccc(OCC2CO2)cc1)c1ccn(C(=O)Oc2ccc(OCC3CO3)cc2)c1. The smallest absolute Gasteiger partial charge is 0.423 e. The van der Waals surface area contributed by atoms with Crippen LogP contribution in [0.4, 0.5) is 4.79 Å². The number of carbonyl (C=O) groups is 2. The zero-order valence-electron chi connectivity index (χ0n) is 17.5. The first-order valence-corrected chi connectivity index (χ1v) is 10.4. The molecule has 2 aliphatic heterocycles. The Bertz CT molecular complexity index is 1030. The van der Waals surface area contributed by atoms with E-state index >= 15 is 0 Å². The van der Waals surface area contributed by atoms with Crippen molar-refractivity contribution in [3.05, 3.63) is 72.6 Å². The molecule has 0 aliphatic carbocycles. The number of carbonyl (C=O) groups excluding carboxylic acids is 2. The molecule has 0 amide bonds. The van der Waals surface area contributed by atoms with E-state index in [9.17, 15) is 9.59 Å². The van der Waals surface area contributed by atoms with Crippen molar-refractivity contribution in [2.24, 2.45) is 0 Å². The maximum Gasteiger partial charge on any atom is 0.423 e. The summed E-state index contributed by atoms with van der Waals surface area (Å²) in [5.41, 5.74) is 0.212. The predicted octanol–water partition coefficient (Wildman–Crippen LogP) is 3.31. The summed E-state index contributed by atoms with van der Waals surface area (Å²) in [6, 6.07) is 14.9. The van der Waals surface area contributed by atoms with Crippen molar-refractivity contribution in [1.82, 2.24) is 4.57 Å². The van der Waals surface area contributed by atoms with Crippen LogP contribution in [0.3, 0.4) is 0 Å². The minimum absolute atomic E-state index is 0.165. The molecule has 5 rings (SSSR count). The largest absolute Gasteiger partial charge is 0.491 e. The molecule has 0 spiro atoms. The van der Waals surface area contributed by atoms with Crippen LogP contribution in [-0.4, -0.2) is 55.3 Å². The van der Waals surface area contributed by atoms with E-state index in [2.05, 4.69) is 0 Å². The number of hydrogen-bond donors (Lipinski definition) is 0. The second kappa shape index (κ2) is 9.35. The molecule has 9 nitrogen and oxygen atoms in total. The van der Waals surface area contributed by atoms with Crippen LogP contribution in [0.25, 0.3) is 0 Å². The van der Waals surface area contributed by atoms with Crippen LogP contribution in [0, 0.1) is 0 Å². The monoisotopic (exact) mass is 451 g/mol.